The van der Waals surface area contributed by atoms with E-state index in [1.54, 1.807) is 0 Å². The van der Waals surface area contributed by atoms with Crippen LogP contribution in [0.3, 0.4) is 0 Å². The molecule has 1 saturated carbocycles. The summed E-state index contributed by atoms with van der Waals surface area (Å²) in [6, 6.07) is 26.2. The van der Waals surface area contributed by atoms with Crippen molar-refractivity contribution in [2.45, 2.75) is 39.0 Å². The van der Waals surface area contributed by atoms with Crippen molar-refractivity contribution in [3.05, 3.63) is 137 Å². The molecule has 0 amide bonds. The van der Waals surface area contributed by atoms with Gasteiger partial charge in [-0.05, 0) is 64.0 Å². The van der Waals surface area contributed by atoms with Crippen molar-refractivity contribution in [3.63, 3.8) is 0 Å². The van der Waals surface area contributed by atoms with Crippen LogP contribution in [0.1, 0.15) is 50.2 Å². The second-order valence-corrected chi connectivity index (χ2v) is 9.48. The Morgan fingerprint density at radius 2 is 1.67 bits per heavy atom. The molecule has 0 aliphatic heterocycles. The lowest BCUT2D eigenvalue weighted by atomic mass is 9.69. The minimum Gasteiger partial charge on any atom is -0.0955 e. The van der Waals surface area contributed by atoms with Crippen molar-refractivity contribution >= 4 is 16.8 Å². The Morgan fingerprint density at radius 1 is 0.939 bits per heavy atom. The third kappa shape index (κ3) is 3.85. The first kappa shape index (κ1) is 21.5. The molecule has 0 heterocycles. The van der Waals surface area contributed by atoms with Crippen LogP contribution in [0.4, 0.5) is 0 Å². The zero-order chi connectivity index (χ0) is 22.9. The third-order valence-electron chi connectivity index (χ3n) is 7.30. The zero-order valence-electron chi connectivity index (χ0n) is 19.8. The number of fused-ring (bicyclic) bond motifs is 2. The molecule has 0 heteroatoms. The van der Waals surface area contributed by atoms with E-state index in [2.05, 4.69) is 112 Å². The number of hydrogen-bond donors (Lipinski definition) is 0. The molecule has 3 aromatic rings. The van der Waals surface area contributed by atoms with Gasteiger partial charge in [-0.2, -0.15) is 0 Å². The van der Waals surface area contributed by atoms with Crippen molar-refractivity contribution in [2.75, 3.05) is 0 Å². The van der Waals surface area contributed by atoms with Gasteiger partial charge in [0.25, 0.3) is 0 Å². The van der Waals surface area contributed by atoms with Crippen molar-refractivity contribution < 1.29 is 0 Å². The van der Waals surface area contributed by atoms with Crippen molar-refractivity contribution in [3.8, 4) is 0 Å². The molecule has 0 spiro atoms. The van der Waals surface area contributed by atoms with Gasteiger partial charge in [0.2, 0.25) is 0 Å². The second kappa shape index (κ2) is 8.87. The molecule has 3 aromatic carbocycles. The smallest absolute Gasteiger partial charge is 0.0201 e. The Bertz CT molecular complexity index is 1320. The van der Waals surface area contributed by atoms with E-state index < -0.39 is 0 Å². The van der Waals surface area contributed by atoms with Crippen LogP contribution in [-0.2, 0) is 0 Å². The molecule has 2 atom stereocenters. The molecule has 33 heavy (non-hydrogen) atoms. The lowest BCUT2D eigenvalue weighted by Gasteiger charge is -2.34. The maximum absolute atomic E-state index is 4.68. The first-order chi connectivity index (χ1) is 16.1. The van der Waals surface area contributed by atoms with E-state index in [1.165, 1.54) is 55.3 Å². The van der Waals surface area contributed by atoms with Crippen LogP contribution in [0.15, 0.2) is 125 Å². The van der Waals surface area contributed by atoms with E-state index in [-0.39, 0.29) is 5.92 Å². The molecule has 5 rings (SSSR count). The number of rotatable bonds is 5. The summed E-state index contributed by atoms with van der Waals surface area (Å²) in [7, 11) is 0. The van der Waals surface area contributed by atoms with Gasteiger partial charge >= 0.3 is 0 Å². The summed E-state index contributed by atoms with van der Waals surface area (Å²) < 4.78 is 0. The molecule has 164 valence electrons. The maximum atomic E-state index is 4.68. The summed E-state index contributed by atoms with van der Waals surface area (Å²) in [4.78, 5) is 0. The van der Waals surface area contributed by atoms with Crippen LogP contribution < -0.4 is 0 Å². The second-order valence-electron chi connectivity index (χ2n) is 9.48. The van der Waals surface area contributed by atoms with Gasteiger partial charge in [-0.1, -0.05) is 123 Å². The van der Waals surface area contributed by atoms with Crippen LogP contribution in [0.2, 0.25) is 0 Å². The molecule has 2 aliphatic rings. The van der Waals surface area contributed by atoms with Gasteiger partial charge < -0.3 is 0 Å². The first-order valence-corrected chi connectivity index (χ1v) is 12.1. The van der Waals surface area contributed by atoms with Crippen molar-refractivity contribution in [2.24, 2.45) is 5.92 Å². The summed E-state index contributed by atoms with van der Waals surface area (Å²) in [6.07, 6.45) is 7.93. The summed E-state index contributed by atoms with van der Waals surface area (Å²) in [5, 5.41) is 2.58. The van der Waals surface area contributed by atoms with Gasteiger partial charge in [0.1, 0.15) is 0 Å². The highest BCUT2D eigenvalue weighted by molar-refractivity contribution is 5.91. The number of allylic oxidation sites excluding steroid dienone is 7. The molecule has 0 unspecified atom stereocenters. The van der Waals surface area contributed by atoms with Crippen LogP contribution in [-0.4, -0.2) is 0 Å². The first-order valence-electron chi connectivity index (χ1n) is 12.1. The predicted octanol–water partition coefficient (Wildman–Crippen LogP) is 9.20. The molecule has 0 bridgehead atoms. The average molecular weight is 429 g/mol. The van der Waals surface area contributed by atoms with E-state index in [9.17, 15) is 0 Å². The molecular formula is C33H32. The third-order valence-corrected chi connectivity index (χ3v) is 7.30. The molecule has 0 aromatic heterocycles. The fraction of sp³-hybridized carbons (Fsp3) is 0.212. The SMILES string of the molecule is C=C(CCC)C1=C(C)C=C2C/C(=C\c3cccc4ccccc34)C(=C)[C@H]2[C@@H]1c1ccccc1. The quantitative estimate of drug-likeness (QED) is 0.380. The molecule has 0 N–H and O–H groups in total. The lowest BCUT2D eigenvalue weighted by Crippen LogP contribution is -2.21. The minimum atomic E-state index is 0.288. The fourth-order valence-corrected chi connectivity index (χ4v) is 5.85. The Balaban J connectivity index is 1.61. The number of benzene rings is 3. The highest BCUT2D eigenvalue weighted by Crippen LogP contribution is 2.55. The molecular weight excluding hydrogens is 396 g/mol. The predicted molar refractivity (Wildman–Crippen MR) is 143 cm³/mol. The summed E-state index contributed by atoms with van der Waals surface area (Å²) in [5.74, 6) is 0.595. The Kier molecular flexibility index (Phi) is 5.77. The van der Waals surface area contributed by atoms with Gasteiger partial charge in [0, 0.05) is 11.8 Å². The van der Waals surface area contributed by atoms with E-state index in [1.807, 2.05) is 0 Å². The largest absolute Gasteiger partial charge is 0.0955 e. The molecule has 0 radical (unpaired) electrons. The fourth-order valence-electron chi connectivity index (χ4n) is 5.85. The van der Waals surface area contributed by atoms with E-state index >= 15 is 0 Å². The maximum Gasteiger partial charge on any atom is 0.0201 e. The van der Waals surface area contributed by atoms with Gasteiger partial charge in [0.05, 0.1) is 0 Å². The van der Waals surface area contributed by atoms with Crippen LogP contribution in [0, 0.1) is 5.92 Å². The molecule has 2 aliphatic carbocycles. The number of hydrogen-bond acceptors (Lipinski definition) is 0. The van der Waals surface area contributed by atoms with Gasteiger partial charge in [-0.25, -0.2) is 0 Å². The Morgan fingerprint density at radius 3 is 2.45 bits per heavy atom. The summed E-state index contributed by atoms with van der Waals surface area (Å²) in [5.41, 5.74) is 10.8. The van der Waals surface area contributed by atoms with Crippen molar-refractivity contribution in [1.29, 1.82) is 0 Å². The highest BCUT2D eigenvalue weighted by Gasteiger charge is 2.40. The highest BCUT2D eigenvalue weighted by atomic mass is 14.4. The van der Waals surface area contributed by atoms with Crippen LogP contribution in [0.5, 0.6) is 0 Å². The van der Waals surface area contributed by atoms with Gasteiger partial charge in [0.15, 0.2) is 0 Å². The zero-order valence-corrected chi connectivity index (χ0v) is 19.8. The van der Waals surface area contributed by atoms with Crippen LogP contribution in [0.25, 0.3) is 16.8 Å². The van der Waals surface area contributed by atoms with Crippen molar-refractivity contribution in [1.82, 2.24) is 0 Å². The lowest BCUT2D eigenvalue weighted by molar-refractivity contribution is 0.619. The average Bonchev–Trinajstić information content (AvgIpc) is 3.13. The van der Waals surface area contributed by atoms with Gasteiger partial charge in [-0.15, -0.1) is 0 Å². The normalized spacial score (nSPS) is 21.5. The topological polar surface area (TPSA) is 0 Å². The van der Waals surface area contributed by atoms with E-state index in [4.69, 9.17) is 0 Å². The summed E-state index contributed by atoms with van der Waals surface area (Å²) >= 11 is 0. The minimum absolute atomic E-state index is 0.288. The Labute approximate surface area is 198 Å². The standard InChI is InChI=1S/C33H32/c1-5-12-22(2)31-23(3)19-29-21-28(20-27-17-11-16-25-13-9-10-18-30(25)27)24(4)32(29)33(31)26-14-7-6-8-15-26/h6-11,13-20,32-33H,2,4-5,12,21H2,1,3H3/b28-20+/t32-,33-/m1/s1. The molecule has 1 fully saturated rings. The molecule has 0 saturated heterocycles. The van der Waals surface area contributed by atoms with E-state index in [0.717, 1.165) is 19.3 Å². The summed E-state index contributed by atoms with van der Waals surface area (Å²) in [6.45, 7) is 13.7. The van der Waals surface area contributed by atoms with E-state index in [0.29, 0.717) is 5.92 Å². The van der Waals surface area contributed by atoms with Crippen LogP contribution >= 0.6 is 0 Å². The Hall–Kier alpha value is -3.38. The monoisotopic (exact) mass is 428 g/mol. The molecule has 0 nitrogen and oxygen atoms in total. The van der Waals surface area contributed by atoms with Gasteiger partial charge in [-0.3, -0.25) is 0 Å².